The molecule has 0 atom stereocenters. The van der Waals surface area contributed by atoms with E-state index in [1.54, 1.807) is 17.9 Å². The highest BCUT2D eigenvalue weighted by molar-refractivity contribution is 6.35. The van der Waals surface area contributed by atoms with E-state index in [-0.39, 0.29) is 67.2 Å². The second-order valence-electron chi connectivity index (χ2n) is 8.78. The average Bonchev–Trinajstić information content (AvgIpc) is 3.61. The Labute approximate surface area is 189 Å². The number of hydrogen-bond donors (Lipinski definition) is 2. The van der Waals surface area contributed by atoms with Gasteiger partial charge in [-0.2, -0.15) is 0 Å². The van der Waals surface area contributed by atoms with Crippen molar-refractivity contribution in [3.05, 3.63) is 38.2 Å². The summed E-state index contributed by atoms with van der Waals surface area (Å²) < 4.78 is 1.34. The number of carbonyl (C=O) groups is 3. The molecule has 0 aromatic carbocycles. The first-order chi connectivity index (χ1) is 15.7. The van der Waals surface area contributed by atoms with Gasteiger partial charge in [-0.15, -0.1) is 0 Å². The zero-order valence-corrected chi connectivity index (χ0v) is 19.0. The summed E-state index contributed by atoms with van der Waals surface area (Å²) in [5.41, 5.74) is -0.261. The SMILES string of the molecule is CCn1c(=O)[nH]c(=O)c2c(C(=O)N3CCN(C(=O)C(=O)NC4CC4)CC3)cc(C(C)C)nc21. The topological polar surface area (TPSA) is 137 Å². The maximum atomic E-state index is 13.5. The van der Waals surface area contributed by atoms with Gasteiger partial charge in [0.2, 0.25) is 0 Å². The largest absolute Gasteiger partial charge is 0.345 e. The number of hydrogen-bond acceptors (Lipinski definition) is 6. The molecule has 2 aromatic rings. The van der Waals surface area contributed by atoms with Crippen molar-refractivity contribution in [3.8, 4) is 0 Å². The van der Waals surface area contributed by atoms with E-state index in [2.05, 4.69) is 15.3 Å². The monoisotopic (exact) mass is 456 g/mol. The third-order valence-corrected chi connectivity index (χ3v) is 6.07. The van der Waals surface area contributed by atoms with Crippen molar-refractivity contribution in [1.82, 2.24) is 29.7 Å². The van der Waals surface area contributed by atoms with Crippen molar-refractivity contribution in [2.24, 2.45) is 0 Å². The van der Waals surface area contributed by atoms with Crippen LogP contribution in [0.3, 0.4) is 0 Å². The summed E-state index contributed by atoms with van der Waals surface area (Å²) in [7, 11) is 0. The van der Waals surface area contributed by atoms with Crippen molar-refractivity contribution >= 4 is 28.8 Å². The zero-order valence-electron chi connectivity index (χ0n) is 19.0. The molecule has 2 N–H and O–H groups in total. The molecular formula is C22H28N6O5. The Kier molecular flexibility index (Phi) is 6.05. The molecule has 11 heteroatoms. The van der Waals surface area contributed by atoms with E-state index in [1.165, 1.54) is 9.47 Å². The lowest BCUT2D eigenvalue weighted by Crippen LogP contribution is -2.54. The number of rotatable bonds is 4. The summed E-state index contributed by atoms with van der Waals surface area (Å²) in [4.78, 5) is 72.6. The van der Waals surface area contributed by atoms with Crippen LogP contribution in [0.25, 0.3) is 11.0 Å². The molecule has 0 unspecified atom stereocenters. The molecule has 2 fully saturated rings. The third kappa shape index (κ3) is 4.39. The lowest BCUT2D eigenvalue weighted by atomic mass is 10.0. The van der Waals surface area contributed by atoms with Crippen molar-refractivity contribution < 1.29 is 14.4 Å². The summed E-state index contributed by atoms with van der Waals surface area (Å²) in [5, 5.41) is 2.76. The summed E-state index contributed by atoms with van der Waals surface area (Å²) in [6.07, 6.45) is 1.79. The molecule has 11 nitrogen and oxygen atoms in total. The summed E-state index contributed by atoms with van der Waals surface area (Å²) in [6, 6.07) is 1.70. The molecule has 2 aromatic heterocycles. The van der Waals surface area contributed by atoms with Gasteiger partial charge >= 0.3 is 17.5 Å². The molecule has 0 spiro atoms. The Balaban J connectivity index is 1.62. The Hall–Kier alpha value is -3.50. The number of carbonyl (C=O) groups excluding carboxylic acids is 3. The first-order valence-corrected chi connectivity index (χ1v) is 11.3. The highest BCUT2D eigenvalue weighted by atomic mass is 16.2. The van der Waals surface area contributed by atoms with Gasteiger partial charge in [-0.1, -0.05) is 13.8 Å². The van der Waals surface area contributed by atoms with Gasteiger partial charge in [0.05, 0.1) is 10.9 Å². The smallest absolute Gasteiger partial charge is 0.329 e. The fourth-order valence-corrected chi connectivity index (χ4v) is 3.95. The number of pyridine rings is 1. The standard InChI is InChI=1S/C22H28N6O5/c1-4-28-17-16(18(29)25-22(28)33)14(11-15(24-17)12(2)3)20(31)26-7-9-27(10-8-26)21(32)19(30)23-13-5-6-13/h11-13H,4-10H2,1-3H3,(H,23,30)(H,25,29,33). The van der Waals surface area contributed by atoms with Crippen LogP contribution in [0.4, 0.5) is 0 Å². The van der Waals surface area contributed by atoms with Crippen LogP contribution in [0.15, 0.2) is 15.7 Å². The minimum atomic E-state index is -0.656. The molecule has 4 rings (SSSR count). The Morgan fingerprint density at radius 1 is 1.12 bits per heavy atom. The summed E-state index contributed by atoms with van der Waals surface area (Å²) in [6.45, 7) is 6.79. The van der Waals surface area contributed by atoms with E-state index in [9.17, 15) is 24.0 Å². The summed E-state index contributed by atoms with van der Waals surface area (Å²) in [5.74, 6) is -1.59. The number of fused-ring (bicyclic) bond motifs is 1. The van der Waals surface area contributed by atoms with E-state index in [0.29, 0.717) is 5.69 Å². The maximum Gasteiger partial charge on any atom is 0.329 e. The Bertz CT molecular complexity index is 1230. The zero-order chi connectivity index (χ0) is 23.9. The number of aromatic nitrogens is 3. The first-order valence-electron chi connectivity index (χ1n) is 11.3. The highest BCUT2D eigenvalue weighted by Gasteiger charge is 2.32. The number of nitrogens with one attached hydrogen (secondary N) is 2. The molecule has 1 aliphatic carbocycles. The number of piperazine rings is 1. The molecule has 0 radical (unpaired) electrons. The van der Waals surface area contributed by atoms with E-state index in [4.69, 9.17) is 0 Å². The van der Waals surface area contributed by atoms with Crippen LogP contribution in [0.2, 0.25) is 0 Å². The van der Waals surface area contributed by atoms with Crippen LogP contribution < -0.4 is 16.6 Å². The van der Waals surface area contributed by atoms with Gasteiger partial charge in [-0.05, 0) is 31.7 Å². The predicted octanol–water partition coefficient (Wildman–Crippen LogP) is -0.209. The fourth-order valence-electron chi connectivity index (χ4n) is 3.95. The van der Waals surface area contributed by atoms with Gasteiger partial charge in [0.15, 0.2) is 5.65 Å². The number of aryl methyl sites for hydroxylation is 1. The van der Waals surface area contributed by atoms with Gasteiger partial charge in [0.1, 0.15) is 0 Å². The van der Waals surface area contributed by atoms with Gasteiger partial charge < -0.3 is 15.1 Å². The molecule has 1 saturated carbocycles. The molecule has 176 valence electrons. The number of nitrogens with zero attached hydrogens (tertiary/aromatic N) is 4. The van der Waals surface area contributed by atoms with Gasteiger partial charge in [-0.25, -0.2) is 9.78 Å². The minimum absolute atomic E-state index is 0.0277. The van der Waals surface area contributed by atoms with E-state index in [0.717, 1.165) is 12.8 Å². The lowest BCUT2D eigenvalue weighted by Gasteiger charge is -2.34. The average molecular weight is 457 g/mol. The molecule has 2 aliphatic rings. The fraction of sp³-hybridized carbons (Fsp3) is 0.545. The molecule has 3 amide bonds. The number of amides is 3. The van der Waals surface area contributed by atoms with Gasteiger partial charge in [-0.3, -0.25) is 28.7 Å². The van der Waals surface area contributed by atoms with Gasteiger partial charge in [0, 0.05) is 44.5 Å². The maximum absolute atomic E-state index is 13.5. The predicted molar refractivity (Wildman–Crippen MR) is 120 cm³/mol. The first kappa shape index (κ1) is 22.7. The van der Waals surface area contributed by atoms with Gasteiger partial charge in [0.25, 0.3) is 11.5 Å². The van der Waals surface area contributed by atoms with Crippen molar-refractivity contribution in [3.63, 3.8) is 0 Å². The summed E-state index contributed by atoms with van der Waals surface area (Å²) >= 11 is 0. The molecule has 1 saturated heterocycles. The highest BCUT2D eigenvalue weighted by Crippen LogP contribution is 2.22. The van der Waals surface area contributed by atoms with Crippen LogP contribution >= 0.6 is 0 Å². The van der Waals surface area contributed by atoms with E-state index >= 15 is 0 Å². The Morgan fingerprint density at radius 2 is 1.76 bits per heavy atom. The van der Waals surface area contributed by atoms with Crippen molar-refractivity contribution in [2.45, 2.75) is 52.1 Å². The molecule has 33 heavy (non-hydrogen) atoms. The van der Waals surface area contributed by atoms with Crippen LogP contribution in [0.1, 0.15) is 55.6 Å². The number of aromatic amines is 1. The van der Waals surface area contributed by atoms with Crippen molar-refractivity contribution in [2.75, 3.05) is 26.2 Å². The Morgan fingerprint density at radius 3 is 2.33 bits per heavy atom. The molecular weight excluding hydrogens is 428 g/mol. The molecule has 0 bridgehead atoms. The van der Waals surface area contributed by atoms with Crippen molar-refractivity contribution in [1.29, 1.82) is 0 Å². The minimum Gasteiger partial charge on any atom is -0.345 e. The second kappa shape index (κ2) is 8.80. The van der Waals surface area contributed by atoms with Crippen LogP contribution in [0, 0.1) is 0 Å². The number of H-pyrrole nitrogens is 1. The molecule has 1 aliphatic heterocycles. The van der Waals surface area contributed by atoms with Crippen LogP contribution in [0.5, 0.6) is 0 Å². The quantitative estimate of drug-likeness (QED) is 0.611. The lowest BCUT2D eigenvalue weighted by molar-refractivity contribution is -0.146. The second-order valence-corrected chi connectivity index (χ2v) is 8.78. The van der Waals surface area contributed by atoms with E-state index in [1.807, 2.05) is 13.8 Å². The van der Waals surface area contributed by atoms with E-state index < -0.39 is 23.1 Å². The normalized spacial score (nSPS) is 16.4. The molecule has 3 heterocycles. The third-order valence-electron chi connectivity index (χ3n) is 6.07. The van der Waals surface area contributed by atoms with Crippen LogP contribution in [-0.4, -0.2) is 74.3 Å². The van der Waals surface area contributed by atoms with Crippen LogP contribution in [-0.2, 0) is 16.1 Å².